The first-order valence-corrected chi connectivity index (χ1v) is 4.99. The Kier molecular flexibility index (Phi) is 4.05. The Morgan fingerprint density at radius 2 is 1.75 bits per heavy atom. The summed E-state index contributed by atoms with van der Waals surface area (Å²) in [5.41, 5.74) is 0.445. The van der Waals surface area contributed by atoms with Crippen LogP contribution < -0.4 is 0 Å². The van der Waals surface area contributed by atoms with Gasteiger partial charge in [-0.2, -0.15) is 0 Å². The molecular formula is C12H15NO3. The summed E-state index contributed by atoms with van der Waals surface area (Å²) < 4.78 is 5.03. The van der Waals surface area contributed by atoms with E-state index in [1.807, 2.05) is 6.07 Å². The third-order valence-corrected chi connectivity index (χ3v) is 2.08. The van der Waals surface area contributed by atoms with Crippen LogP contribution in [0.3, 0.4) is 0 Å². The van der Waals surface area contributed by atoms with E-state index in [4.69, 9.17) is 4.74 Å². The molecular weight excluding hydrogens is 206 g/mol. The second-order valence-electron chi connectivity index (χ2n) is 3.65. The predicted octanol–water partition coefficient (Wildman–Crippen LogP) is 1.32. The summed E-state index contributed by atoms with van der Waals surface area (Å²) in [5.74, 6) is -0.715. The molecule has 0 aliphatic carbocycles. The van der Waals surface area contributed by atoms with Gasteiger partial charge in [-0.3, -0.25) is 4.79 Å². The summed E-state index contributed by atoms with van der Waals surface area (Å²) in [6, 6.07) is 8.60. The van der Waals surface area contributed by atoms with E-state index in [9.17, 15) is 9.59 Å². The van der Waals surface area contributed by atoms with Crippen LogP contribution in [0.2, 0.25) is 0 Å². The van der Waals surface area contributed by atoms with Crippen molar-refractivity contribution in [3.8, 4) is 0 Å². The van der Waals surface area contributed by atoms with Gasteiger partial charge in [0.15, 0.2) is 6.10 Å². The van der Waals surface area contributed by atoms with Gasteiger partial charge < -0.3 is 9.64 Å². The topological polar surface area (TPSA) is 46.6 Å². The van der Waals surface area contributed by atoms with Gasteiger partial charge in [-0.1, -0.05) is 18.2 Å². The fourth-order valence-electron chi connectivity index (χ4n) is 1.22. The van der Waals surface area contributed by atoms with Crippen molar-refractivity contribution in [2.45, 2.75) is 13.0 Å². The van der Waals surface area contributed by atoms with E-state index in [1.165, 1.54) is 4.90 Å². The maximum atomic E-state index is 11.6. The second kappa shape index (κ2) is 5.30. The molecule has 0 N–H and O–H groups in total. The van der Waals surface area contributed by atoms with Crippen LogP contribution in [0.5, 0.6) is 0 Å². The zero-order valence-electron chi connectivity index (χ0n) is 9.64. The minimum Gasteiger partial charge on any atom is -0.449 e. The lowest BCUT2D eigenvalue weighted by Gasteiger charge is -2.17. The van der Waals surface area contributed by atoms with Gasteiger partial charge in [0.2, 0.25) is 0 Å². The maximum Gasteiger partial charge on any atom is 0.338 e. The highest BCUT2D eigenvalue weighted by Gasteiger charge is 2.19. The smallest absolute Gasteiger partial charge is 0.338 e. The summed E-state index contributed by atoms with van der Waals surface area (Å²) >= 11 is 0. The van der Waals surface area contributed by atoms with Crippen LogP contribution in [0.15, 0.2) is 30.3 Å². The van der Waals surface area contributed by atoms with Gasteiger partial charge in [0.1, 0.15) is 0 Å². The number of esters is 1. The fraction of sp³-hybridized carbons (Fsp3) is 0.333. The molecule has 0 unspecified atom stereocenters. The summed E-state index contributed by atoms with van der Waals surface area (Å²) in [7, 11) is 3.24. The van der Waals surface area contributed by atoms with Crippen molar-refractivity contribution in [2.24, 2.45) is 0 Å². The van der Waals surface area contributed by atoms with Gasteiger partial charge in [-0.15, -0.1) is 0 Å². The summed E-state index contributed by atoms with van der Waals surface area (Å²) in [6.45, 7) is 1.56. The lowest BCUT2D eigenvalue weighted by molar-refractivity contribution is -0.137. The third kappa shape index (κ3) is 3.08. The highest BCUT2D eigenvalue weighted by Crippen LogP contribution is 2.04. The number of ether oxygens (including phenoxy) is 1. The normalized spacial score (nSPS) is 11.7. The molecule has 0 fully saturated rings. The van der Waals surface area contributed by atoms with Crippen molar-refractivity contribution >= 4 is 11.9 Å². The number of likely N-dealkylation sites (N-methyl/N-ethyl adjacent to an activating group) is 1. The van der Waals surface area contributed by atoms with E-state index in [0.29, 0.717) is 5.56 Å². The zero-order chi connectivity index (χ0) is 12.1. The van der Waals surface area contributed by atoms with E-state index >= 15 is 0 Å². The van der Waals surface area contributed by atoms with Crippen molar-refractivity contribution in [2.75, 3.05) is 14.1 Å². The molecule has 0 spiro atoms. The predicted molar refractivity (Wildman–Crippen MR) is 60.0 cm³/mol. The Morgan fingerprint density at radius 1 is 1.19 bits per heavy atom. The molecule has 0 heterocycles. The summed E-state index contributed by atoms with van der Waals surface area (Å²) in [4.78, 5) is 24.4. The molecule has 0 bridgehead atoms. The molecule has 0 aliphatic rings. The molecule has 86 valence electrons. The molecule has 0 radical (unpaired) electrons. The highest BCUT2D eigenvalue weighted by molar-refractivity contribution is 5.92. The van der Waals surface area contributed by atoms with Crippen LogP contribution in [-0.4, -0.2) is 37.0 Å². The Balaban J connectivity index is 2.62. The molecule has 0 saturated heterocycles. The zero-order valence-corrected chi connectivity index (χ0v) is 9.64. The van der Waals surface area contributed by atoms with Crippen LogP contribution in [0.1, 0.15) is 17.3 Å². The van der Waals surface area contributed by atoms with Gasteiger partial charge in [0.05, 0.1) is 5.56 Å². The van der Waals surface area contributed by atoms with Crippen LogP contribution in [0.4, 0.5) is 0 Å². The first kappa shape index (κ1) is 12.2. The Hall–Kier alpha value is -1.84. The number of carbonyl (C=O) groups is 2. The lowest BCUT2D eigenvalue weighted by Crippen LogP contribution is -2.34. The number of amides is 1. The molecule has 0 aliphatic heterocycles. The Morgan fingerprint density at radius 3 is 2.25 bits per heavy atom. The Bertz CT molecular complexity index is 373. The van der Waals surface area contributed by atoms with E-state index in [0.717, 1.165) is 0 Å². The number of carbonyl (C=O) groups excluding carboxylic acids is 2. The van der Waals surface area contributed by atoms with Gasteiger partial charge in [0.25, 0.3) is 5.91 Å². The number of rotatable bonds is 3. The minimum atomic E-state index is -0.761. The summed E-state index contributed by atoms with van der Waals surface area (Å²) in [5, 5.41) is 0. The average molecular weight is 221 g/mol. The fourth-order valence-corrected chi connectivity index (χ4v) is 1.22. The van der Waals surface area contributed by atoms with Crippen molar-refractivity contribution in [1.82, 2.24) is 4.90 Å². The van der Waals surface area contributed by atoms with E-state index in [-0.39, 0.29) is 5.91 Å². The van der Waals surface area contributed by atoms with Crippen LogP contribution in [0.25, 0.3) is 0 Å². The molecule has 1 aromatic rings. The van der Waals surface area contributed by atoms with E-state index in [2.05, 4.69) is 0 Å². The number of benzene rings is 1. The first-order valence-electron chi connectivity index (χ1n) is 4.99. The molecule has 16 heavy (non-hydrogen) atoms. The Labute approximate surface area is 94.8 Å². The van der Waals surface area contributed by atoms with Crippen molar-refractivity contribution in [1.29, 1.82) is 0 Å². The average Bonchev–Trinajstić information content (AvgIpc) is 2.28. The molecule has 1 amide bonds. The molecule has 4 heteroatoms. The number of nitrogens with zero attached hydrogens (tertiary/aromatic N) is 1. The van der Waals surface area contributed by atoms with Crippen molar-refractivity contribution in [3.05, 3.63) is 35.9 Å². The van der Waals surface area contributed by atoms with E-state index in [1.54, 1.807) is 45.3 Å². The highest BCUT2D eigenvalue weighted by atomic mass is 16.5. The number of hydrogen-bond donors (Lipinski definition) is 0. The molecule has 1 aromatic carbocycles. The third-order valence-electron chi connectivity index (χ3n) is 2.08. The van der Waals surface area contributed by atoms with Crippen molar-refractivity contribution < 1.29 is 14.3 Å². The van der Waals surface area contributed by atoms with Gasteiger partial charge in [-0.05, 0) is 19.1 Å². The quantitative estimate of drug-likeness (QED) is 0.723. The maximum absolute atomic E-state index is 11.6. The number of hydrogen-bond acceptors (Lipinski definition) is 3. The largest absolute Gasteiger partial charge is 0.449 e. The van der Waals surface area contributed by atoms with Crippen molar-refractivity contribution in [3.63, 3.8) is 0 Å². The first-order chi connectivity index (χ1) is 7.52. The summed E-state index contributed by atoms with van der Waals surface area (Å²) in [6.07, 6.45) is -0.761. The van der Waals surface area contributed by atoms with Crippen LogP contribution in [0, 0.1) is 0 Å². The van der Waals surface area contributed by atoms with Crippen LogP contribution >= 0.6 is 0 Å². The SMILES string of the molecule is C[C@@H](OC(=O)c1ccccc1)C(=O)N(C)C. The van der Waals surface area contributed by atoms with E-state index < -0.39 is 12.1 Å². The standard InChI is InChI=1S/C12H15NO3/c1-9(11(14)13(2)3)16-12(15)10-7-5-4-6-8-10/h4-9H,1-3H3/t9-/m1/s1. The van der Waals surface area contributed by atoms with Crippen LogP contribution in [-0.2, 0) is 9.53 Å². The minimum absolute atomic E-state index is 0.232. The molecule has 0 saturated carbocycles. The van der Waals surface area contributed by atoms with Gasteiger partial charge in [0, 0.05) is 14.1 Å². The van der Waals surface area contributed by atoms with Gasteiger partial charge in [-0.25, -0.2) is 4.79 Å². The lowest BCUT2D eigenvalue weighted by atomic mass is 10.2. The molecule has 4 nitrogen and oxygen atoms in total. The second-order valence-corrected chi connectivity index (χ2v) is 3.65. The monoisotopic (exact) mass is 221 g/mol. The molecule has 1 rings (SSSR count). The molecule has 1 atom stereocenters. The molecule has 0 aromatic heterocycles. The van der Waals surface area contributed by atoms with Gasteiger partial charge >= 0.3 is 5.97 Å².